The zero-order valence-corrected chi connectivity index (χ0v) is 14.2. The number of carbonyl (C=O) groups excluding carboxylic acids is 2. The van der Waals surface area contributed by atoms with Gasteiger partial charge in [0.05, 0.1) is 5.92 Å². The number of benzene rings is 1. The van der Waals surface area contributed by atoms with Crippen LogP contribution in [0.15, 0.2) is 24.3 Å². The molecule has 0 bridgehead atoms. The van der Waals surface area contributed by atoms with Crippen molar-refractivity contribution in [2.75, 3.05) is 6.54 Å². The van der Waals surface area contributed by atoms with Crippen LogP contribution in [0.25, 0.3) is 0 Å². The second kappa shape index (κ2) is 8.36. The molecule has 1 aliphatic carbocycles. The third-order valence-electron chi connectivity index (χ3n) is 4.45. The van der Waals surface area contributed by atoms with Crippen molar-refractivity contribution in [1.82, 2.24) is 10.6 Å². The van der Waals surface area contributed by atoms with Gasteiger partial charge < -0.3 is 10.6 Å². The first-order valence-electron chi connectivity index (χ1n) is 8.48. The van der Waals surface area contributed by atoms with Crippen molar-refractivity contribution in [3.05, 3.63) is 35.4 Å². The van der Waals surface area contributed by atoms with Gasteiger partial charge in [0.15, 0.2) is 0 Å². The average Bonchev–Trinajstić information content (AvgIpc) is 2.54. The van der Waals surface area contributed by atoms with Crippen LogP contribution in [0.5, 0.6) is 0 Å². The minimum Gasteiger partial charge on any atom is -0.353 e. The number of hydrogen-bond donors (Lipinski definition) is 2. The summed E-state index contributed by atoms with van der Waals surface area (Å²) < 4.78 is 39.0. The Morgan fingerprint density at radius 2 is 1.92 bits per heavy atom. The summed E-state index contributed by atoms with van der Waals surface area (Å²) in [6.07, 6.45) is -2.73. The number of rotatable bonds is 5. The van der Waals surface area contributed by atoms with E-state index >= 15 is 0 Å². The Labute approximate surface area is 145 Å². The van der Waals surface area contributed by atoms with Gasteiger partial charge in [-0.25, -0.2) is 0 Å². The van der Waals surface area contributed by atoms with Crippen molar-refractivity contribution in [3.8, 4) is 0 Å². The zero-order chi connectivity index (χ0) is 18.4. The number of nitrogens with one attached hydrogen (secondary N) is 2. The maximum Gasteiger partial charge on any atom is 0.393 e. The van der Waals surface area contributed by atoms with Gasteiger partial charge in [0.1, 0.15) is 0 Å². The summed E-state index contributed by atoms with van der Waals surface area (Å²) in [5, 5.41) is 5.10. The van der Waals surface area contributed by atoms with Crippen LogP contribution in [0.4, 0.5) is 13.2 Å². The lowest BCUT2D eigenvalue weighted by atomic mass is 9.84. The van der Waals surface area contributed by atoms with E-state index in [1.807, 2.05) is 13.0 Å². The summed E-state index contributed by atoms with van der Waals surface area (Å²) in [6.45, 7) is 1.95. The smallest absolute Gasteiger partial charge is 0.353 e. The Morgan fingerprint density at radius 1 is 1.20 bits per heavy atom. The minimum absolute atomic E-state index is 0.0430. The summed E-state index contributed by atoms with van der Waals surface area (Å²) in [5.41, 5.74) is 1.44. The van der Waals surface area contributed by atoms with E-state index in [0.717, 1.165) is 5.56 Å². The fraction of sp³-hybridized carbons (Fsp3) is 0.556. The highest BCUT2D eigenvalue weighted by atomic mass is 19.4. The van der Waals surface area contributed by atoms with Gasteiger partial charge in [0.25, 0.3) is 5.91 Å². The molecule has 7 heteroatoms. The minimum atomic E-state index is -4.29. The highest BCUT2D eigenvalue weighted by Gasteiger charge is 2.45. The second-order valence-electron chi connectivity index (χ2n) is 6.48. The molecule has 138 valence electrons. The topological polar surface area (TPSA) is 58.2 Å². The predicted octanol–water partition coefficient (Wildman–Crippen LogP) is 3.35. The number of carbonyl (C=O) groups is 2. The van der Waals surface area contributed by atoms with E-state index in [9.17, 15) is 22.8 Å². The standard InChI is InChI=1S/C18H23F3N2O2/c1-12-5-4-6-13(11-12)17(25)22-10-9-16(24)23-15-8-3-2-7-14(15)18(19,20)21/h4-6,11,14-15H,2-3,7-10H2,1H3,(H,22,25)(H,23,24)/t14-,15-/m0/s1. The molecule has 4 nitrogen and oxygen atoms in total. The van der Waals surface area contributed by atoms with Gasteiger partial charge in [0.2, 0.25) is 5.91 Å². The van der Waals surface area contributed by atoms with Crippen LogP contribution in [0, 0.1) is 12.8 Å². The number of amides is 2. The van der Waals surface area contributed by atoms with Crippen LogP contribution in [0.3, 0.4) is 0 Å². The van der Waals surface area contributed by atoms with Crippen molar-refractivity contribution >= 4 is 11.8 Å². The molecule has 25 heavy (non-hydrogen) atoms. The molecule has 1 aromatic carbocycles. The summed E-state index contributed by atoms with van der Waals surface area (Å²) >= 11 is 0. The third-order valence-corrected chi connectivity index (χ3v) is 4.45. The Morgan fingerprint density at radius 3 is 2.60 bits per heavy atom. The Balaban J connectivity index is 1.79. The number of aryl methyl sites for hydroxylation is 1. The van der Waals surface area contributed by atoms with E-state index in [-0.39, 0.29) is 25.3 Å². The molecule has 2 atom stereocenters. The van der Waals surface area contributed by atoms with Crippen LogP contribution in [-0.2, 0) is 4.79 Å². The molecule has 0 aromatic heterocycles. The van der Waals surface area contributed by atoms with E-state index < -0.39 is 24.0 Å². The maximum atomic E-state index is 13.0. The Hall–Kier alpha value is -2.05. The molecule has 2 N–H and O–H groups in total. The first-order valence-corrected chi connectivity index (χ1v) is 8.48. The van der Waals surface area contributed by atoms with E-state index in [1.165, 1.54) is 0 Å². The molecule has 1 fully saturated rings. The molecule has 2 rings (SSSR count). The molecule has 0 radical (unpaired) electrons. The molecule has 0 aliphatic heterocycles. The molecule has 2 amide bonds. The monoisotopic (exact) mass is 356 g/mol. The van der Waals surface area contributed by atoms with E-state index in [0.29, 0.717) is 24.8 Å². The third kappa shape index (κ3) is 5.76. The summed E-state index contributed by atoms with van der Waals surface area (Å²) in [7, 11) is 0. The summed E-state index contributed by atoms with van der Waals surface area (Å²) in [5.74, 6) is -2.25. The van der Waals surface area contributed by atoms with Crippen LogP contribution in [0.2, 0.25) is 0 Å². The van der Waals surface area contributed by atoms with Gasteiger partial charge in [-0.3, -0.25) is 9.59 Å². The average molecular weight is 356 g/mol. The highest BCUT2D eigenvalue weighted by Crippen LogP contribution is 2.37. The van der Waals surface area contributed by atoms with Crippen molar-refractivity contribution in [2.45, 2.75) is 51.2 Å². The van der Waals surface area contributed by atoms with Crippen LogP contribution >= 0.6 is 0 Å². The van der Waals surface area contributed by atoms with Gasteiger partial charge in [-0.2, -0.15) is 13.2 Å². The first-order chi connectivity index (χ1) is 11.8. The van der Waals surface area contributed by atoms with Gasteiger partial charge in [-0.1, -0.05) is 30.5 Å². The lowest BCUT2D eigenvalue weighted by Gasteiger charge is -2.33. The van der Waals surface area contributed by atoms with E-state index in [2.05, 4.69) is 10.6 Å². The molecule has 1 aromatic rings. The first kappa shape index (κ1) is 19.3. The van der Waals surface area contributed by atoms with Gasteiger partial charge in [0, 0.05) is 24.6 Å². The molecular formula is C18H23F3N2O2. The fourth-order valence-corrected chi connectivity index (χ4v) is 3.15. The van der Waals surface area contributed by atoms with Gasteiger partial charge in [-0.15, -0.1) is 0 Å². The largest absolute Gasteiger partial charge is 0.393 e. The molecular weight excluding hydrogens is 333 g/mol. The Kier molecular flexibility index (Phi) is 6.45. The van der Waals surface area contributed by atoms with Gasteiger partial charge in [-0.05, 0) is 31.9 Å². The molecule has 0 saturated heterocycles. The zero-order valence-electron chi connectivity index (χ0n) is 14.2. The van der Waals surface area contributed by atoms with Gasteiger partial charge >= 0.3 is 6.18 Å². The quantitative estimate of drug-likeness (QED) is 0.850. The number of halogens is 3. The molecule has 0 spiro atoms. The lowest BCUT2D eigenvalue weighted by molar-refractivity contribution is -0.189. The van der Waals surface area contributed by atoms with E-state index in [4.69, 9.17) is 0 Å². The molecule has 1 saturated carbocycles. The molecule has 0 heterocycles. The lowest BCUT2D eigenvalue weighted by Crippen LogP contribution is -2.48. The summed E-state index contributed by atoms with van der Waals surface area (Å²) in [4.78, 5) is 23.9. The van der Waals surface area contributed by atoms with E-state index in [1.54, 1.807) is 18.2 Å². The number of alkyl halides is 3. The van der Waals surface area contributed by atoms with Crippen LogP contribution in [-0.4, -0.2) is 30.6 Å². The predicted molar refractivity (Wildman–Crippen MR) is 88.1 cm³/mol. The van der Waals surface area contributed by atoms with Crippen molar-refractivity contribution in [3.63, 3.8) is 0 Å². The Bertz CT molecular complexity index is 617. The SMILES string of the molecule is Cc1cccc(C(=O)NCCC(=O)N[C@H]2CCCC[C@@H]2C(F)(F)F)c1. The van der Waals surface area contributed by atoms with Crippen molar-refractivity contribution in [2.24, 2.45) is 5.92 Å². The summed E-state index contributed by atoms with van der Waals surface area (Å²) in [6, 6.07) is 6.15. The molecule has 1 aliphatic rings. The normalized spacial score (nSPS) is 20.8. The highest BCUT2D eigenvalue weighted by molar-refractivity contribution is 5.94. The van der Waals surface area contributed by atoms with Crippen molar-refractivity contribution < 1.29 is 22.8 Å². The second-order valence-corrected chi connectivity index (χ2v) is 6.48. The van der Waals surface area contributed by atoms with Crippen LogP contribution in [0.1, 0.15) is 48.0 Å². The molecule has 0 unspecified atom stereocenters. The van der Waals surface area contributed by atoms with Crippen molar-refractivity contribution in [1.29, 1.82) is 0 Å². The van der Waals surface area contributed by atoms with Crippen LogP contribution < -0.4 is 10.6 Å². The fourth-order valence-electron chi connectivity index (χ4n) is 3.15. The number of hydrogen-bond acceptors (Lipinski definition) is 2. The maximum absolute atomic E-state index is 13.0.